The van der Waals surface area contributed by atoms with Gasteiger partial charge in [-0.1, -0.05) is 0 Å². The van der Waals surface area contributed by atoms with Gasteiger partial charge in [0.05, 0.1) is 12.0 Å². The van der Waals surface area contributed by atoms with Gasteiger partial charge in [-0.05, 0) is 43.9 Å². The van der Waals surface area contributed by atoms with Crippen molar-refractivity contribution in [3.05, 3.63) is 48.1 Å². The van der Waals surface area contributed by atoms with Crippen LogP contribution in [-0.4, -0.2) is 27.2 Å². The van der Waals surface area contributed by atoms with Gasteiger partial charge in [0.1, 0.15) is 5.41 Å². The summed E-state index contributed by atoms with van der Waals surface area (Å²) >= 11 is 0. The lowest BCUT2D eigenvalue weighted by molar-refractivity contribution is -0.140. The summed E-state index contributed by atoms with van der Waals surface area (Å²) in [6.07, 6.45) is 5.02. The summed E-state index contributed by atoms with van der Waals surface area (Å²) in [5.74, 6) is -2.79. The van der Waals surface area contributed by atoms with E-state index in [4.69, 9.17) is 5.73 Å². The second kappa shape index (κ2) is 5.73. The van der Waals surface area contributed by atoms with Crippen LogP contribution in [0.15, 0.2) is 30.7 Å². The number of aromatic nitrogens is 2. The molecule has 1 fully saturated rings. The Morgan fingerprint density at radius 3 is 2.87 bits per heavy atom. The molecule has 0 radical (unpaired) electrons. The molecule has 23 heavy (non-hydrogen) atoms. The number of nitrogens with zero attached hydrogens (tertiary/aromatic N) is 2. The van der Waals surface area contributed by atoms with Crippen molar-refractivity contribution in [2.75, 3.05) is 6.54 Å². The molecule has 2 atom stereocenters. The van der Waals surface area contributed by atoms with Crippen LogP contribution >= 0.6 is 0 Å². The van der Waals surface area contributed by atoms with Gasteiger partial charge >= 0.3 is 5.97 Å². The fourth-order valence-corrected chi connectivity index (χ4v) is 3.07. The number of carbonyl (C=O) groups is 1. The first-order valence-corrected chi connectivity index (χ1v) is 7.42. The van der Waals surface area contributed by atoms with E-state index in [-0.39, 0.29) is 5.92 Å². The van der Waals surface area contributed by atoms with Crippen molar-refractivity contribution in [2.45, 2.75) is 24.7 Å². The van der Waals surface area contributed by atoms with Crippen LogP contribution in [0.2, 0.25) is 0 Å². The van der Waals surface area contributed by atoms with Crippen molar-refractivity contribution in [3.8, 4) is 5.69 Å². The number of carboxylic acids is 1. The molecule has 3 N–H and O–H groups in total. The Morgan fingerprint density at radius 1 is 1.43 bits per heavy atom. The van der Waals surface area contributed by atoms with Gasteiger partial charge < -0.3 is 15.4 Å². The van der Waals surface area contributed by atoms with E-state index < -0.39 is 23.0 Å². The fourth-order valence-electron chi connectivity index (χ4n) is 3.07. The molecule has 0 spiro atoms. The molecule has 1 aromatic heterocycles. The third kappa shape index (κ3) is 2.61. The number of hydrogen-bond acceptors (Lipinski definition) is 3. The van der Waals surface area contributed by atoms with E-state index in [1.165, 1.54) is 17.0 Å². The summed E-state index contributed by atoms with van der Waals surface area (Å²) in [5, 5.41) is 9.60. The summed E-state index contributed by atoms with van der Waals surface area (Å²) < 4.78 is 27.8. The second-order valence-electron chi connectivity index (χ2n) is 5.87. The van der Waals surface area contributed by atoms with Crippen molar-refractivity contribution in [1.82, 2.24) is 9.55 Å². The zero-order chi connectivity index (χ0) is 16.6. The maximum Gasteiger partial charge on any atom is 0.316 e. The molecule has 1 aliphatic carbocycles. The quantitative estimate of drug-likeness (QED) is 0.855. The van der Waals surface area contributed by atoms with E-state index in [0.717, 1.165) is 25.0 Å². The van der Waals surface area contributed by atoms with Gasteiger partial charge in [0, 0.05) is 18.0 Å². The molecule has 1 heterocycles. The maximum atomic E-state index is 13.3. The Kier molecular flexibility index (Phi) is 3.89. The fraction of sp³-hybridized carbons (Fsp3) is 0.375. The average Bonchev–Trinajstić information content (AvgIpc) is 3.06. The monoisotopic (exact) mass is 321 g/mol. The van der Waals surface area contributed by atoms with Crippen molar-refractivity contribution in [3.63, 3.8) is 0 Å². The normalized spacial score (nSPS) is 23.0. The molecule has 7 heteroatoms. The molecule has 2 aromatic rings. The molecule has 0 bridgehead atoms. The zero-order valence-corrected chi connectivity index (χ0v) is 12.4. The van der Waals surface area contributed by atoms with Gasteiger partial charge in [-0.15, -0.1) is 0 Å². The summed E-state index contributed by atoms with van der Waals surface area (Å²) in [4.78, 5) is 15.9. The van der Waals surface area contributed by atoms with E-state index in [0.29, 0.717) is 24.3 Å². The van der Waals surface area contributed by atoms with E-state index >= 15 is 0 Å². The third-order valence-corrected chi connectivity index (χ3v) is 4.48. The lowest BCUT2D eigenvalue weighted by atomic mass is 9.98. The SMILES string of the molecule is NCCC[C@H]1C[C@]1(C(=O)O)c1cn(-c2ccc(F)c(F)c2)cn1. The van der Waals surface area contributed by atoms with E-state index in [1.54, 1.807) is 6.20 Å². The molecular weight excluding hydrogens is 304 g/mol. The van der Waals surface area contributed by atoms with E-state index in [9.17, 15) is 18.7 Å². The summed E-state index contributed by atoms with van der Waals surface area (Å²) in [5.41, 5.74) is 5.33. The summed E-state index contributed by atoms with van der Waals surface area (Å²) in [6, 6.07) is 3.49. The number of hydrogen-bond donors (Lipinski definition) is 2. The van der Waals surface area contributed by atoms with E-state index in [1.807, 2.05) is 0 Å². The Hall–Kier alpha value is -2.28. The van der Waals surface area contributed by atoms with Crippen molar-refractivity contribution < 1.29 is 18.7 Å². The molecule has 0 unspecified atom stereocenters. The third-order valence-electron chi connectivity index (χ3n) is 4.48. The van der Waals surface area contributed by atoms with Gasteiger partial charge in [0.2, 0.25) is 0 Å². The minimum absolute atomic E-state index is 0.0110. The zero-order valence-electron chi connectivity index (χ0n) is 12.4. The number of benzene rings is 1. The average molecular weight is 321 g/mol. The van der Waals surface area contributed by atoms with Crippen LogP contribution < -0.4 is 5.73 Å². The molecule has 0 amide bonds. The van der Waals surface area contributed by atoms with Crippen LogP contribution in [0.25, 0.3) is 5.69 Å². The highest BCUT2D eigenvalue weighted by atomic mass is 19.2. The van der Waals surface area contributed by atoms with E-state index in [2.05, 4.69) is 4.98 Å². The van der Waals surface area contributed by atoms with Crippen LogP contribution in [0, 0.1) is 17.6 Å². The predicted molar refractivity (Wildman–Crippen MR) is 79.2 cm³/mol. The second-order valence-corrected chi connectivity index (χ2v) is 5.87. The number of imidazole rings is 1. The van der Waals surface area contributed by atoms with Gasteiger partial charge in [0.25, 0.3) is 0 Å². The van der Waals surface area contributed by atoms with Gasteiger partial charge in [-0.2, -0.15) is 0 Å². The molecule has 3 rings (SSSR count). The van der Waals surface area contributed by atoms with Gasteiger partial charge in [-0.3, -0.25) is 4.79 Å². The smallest absolute Gasteiger partial charge is 0.316 e. The first-order valence-electron chi connectivity index (χ1n) is 7.42. The predicted octanol–water partition coefficient (Wildman–Crippen LogP) is 2.23. The molecule has 1 aromatic carbocycles. The molecular formula is C16H17F2N3O2. The largest absolute Gasteiger partial charge is 0.481 e. The van der Waals surface area contributed by atoms with Crippen LogP contribution in [0.5, 0.6) is 0 Å². The minimum Gasteiger partial charge on any atom is -0.481 e. The highest BCUT2D eigenvalue weighted by Gasteiger charge is 2.62. The van der Waals surface area contributed by atoms with Crippen molar-refractivity contribution >= 4 is 5.97 Å². The first kappa shape index (κ1) is 15.6. The van der Waals surface area contributed by atoms with Crippen molar-refractivity contribution in [2.24, 2.45) is 11.7 Å². The molecule has 122 valence electrons. The van der Waals surface area contributed by atoms with Crippen LogP contribution in [0.4, 0.5) is 8.78 Å². The molecule has 0 aliphatic heterocycles. The Labute approximate surface area is 131 Å². The highest BCUT2D eigenvalue weighted by molar-refractivity contribution is 5.85. The maximum absolute atomic E-state index is 13.3. The van der Waals surface area contributed by atoms with Gasteiger partial charge in [0.15, 0.2) is 11.6 Å². The summed E-state index contributed by atoms with van der Waals surface area (Å²) in [7, 11) is 0. The molecule has 5 nitrogen and oxygen atoms in total. The van der Waals surface area contributed by atoms with Gasteiger partial charge in [-0.25, -0.2) is 13.8 Å². The number of nitrogens with two attached hydrogens (primary N) is 1. The Bertz CT molecular complexity index is 747. The molecule has 1 saturated carbocycles. The van der Waals surface area contributed by atoms with Crippen molar-refractivity contribution in [1.29, 1.82) is 0 Å². The lowest BCUT2D eigenvalue weighted by Crippen LogP contribution is -2.23. The number of aliphatic carboxylic acids is 1. The first-order chi connectivity index (χ1) is 11.0. The minimum atomic E-state index is -0.987. The number of carboxylic acid groups (broad SMARTS) is 1. The molecule has 0 saturated heterocycles. The highest BCUT2D eigenvalue weighted by Crippen LogP contribution is 2.56. The lowest BCUT2D eigenvalue weighted by Gasteiger charge is -2.09. The standard InChI is InChI=1S/C16H17F2N3O2/c17-12-4-3-11(6-13(12)18)21-8-14(20-9-21)16(15(22)23)7-10(16)2-1-5-19/h3-4,6,8-10H,1-2,5,7,19H2,(H,22,23)/t10-,16+/m0/s1. The topological polar surface area (TPSA) is 81.1 Å². The summed E-state index contributed by atoms with van der Waals surface area (Å²) in [6.45, 7) is 0.523. The van der Waals surface area contributed by atoms with Crippen LogP contribution in [0.1, 0.15) is 25.0 Å². The molecule has 1 aliphatic rings. The number of rotatable bonds is 6. The number of halogens is 2. The Balaban J connectivity index is 1.88. The van der Waals surface area contributed by atoms with Crippen LogP contribution in [-0.2, 0) is 10.2 Å². The Morgan fingerprint density at radius 2 is 2.22 bits per heavy atom. The van der Waals surface area contributed by atoms with Crippen LogP contribution in [0.3, 0.4) is 0 Å².